The minimum Gasteiger partial charge on any atom is -0.472 e. The molecule has 3 N–H and O–H groups in total. The van der Waals surface area contributed by atoms with Gasteiger partial charge in [0.2, 0.25) is 5.88 Å². The number of primary amides is 1. The Kier molecular flexibility index (Phi) is 10.3. The first-order valence-electron chi connectivity index (χ1n) is 13.5. The molecular weight excluding hydrogens is 626 g/mol. The molecular formula is C28H29F4N5O7S. The molecule has 1 aliphatic rings. The molecule has 0 saturated carbocycles. The van der Waals surface area contributed by atoms with Crippen LogP contribution in [0.1, 0.15) is 35.3 Å². The van der Waals surface area contributed by atoms with Crippen LogP contribution in [0.15, 0.2) is 65.8 Å². The fourth-order valence-electron chi connectivity index (χ4n) is 4.58. The van der Waals surface area contributed by atoms with Crippen molar-refractivity contribution in [1.29, 1.82) is 0 Å². The first-order chi connectivity index (χ1) is 21.3. The van der Waals surface area contributed by atoms with E-state index in [1.165, 1.54) is 55.6 Å². The number of ether oxygens (including phenoxy) is 3. The van der Waals surface area contributed by atoms with Crippen molar-refractivity contribution >= 4 is 27.7 Å². The molecule has 4 rings (SSSR count). The van der Waals surface area contributed by atoms with Crippen molar-refractivity contribution < 1.29 is 49.8 Å². The van der Waals surface area contributed by atoms with Crippen molar-refractivity contribution in [1.82, 2.24) is 15.3 Å². The van der Waals surface area contributed by atoms with E-state index < -0.39 is 58.8 Å². The number of amides is 2. The van der Waals surface area contributed by atoms with Crippen molar-refractivity contribution in [3.05, 3.63) is 72.1 Å². The van der Waals surface area contributed by atoms with Crippen LogP contribution in [-0.4, -0.2) is 74.5 Å². The highest BCUT2D eigenvalue weighted by Crippen LogP contribution is 2.29. The van der Waals surface area contributed by atoms with Crippen molar-refractivity contribution in [2.75, 3.05) is 30.5 Å². The number of halogens is 4. The summed E-state index contributed by atoms with van der Waals surface area (Å²) in [6, 6.07) is 9.49. The van der Waals surface area contributed by atoms with Crippen LogP contribution in [0.25, 0.3) is 0 Å². The molecule has 3 heterocycles. The molecule has 1 aromatic carbocycles. The SMILES string of the molecule is CCS(=O)(=O)c1ccc([C@H](COC(N)=O)NC(=O)c2ccc(N3C[C@@H](Oc4ccc(OC(F)(F)F)cn4)C[C@H]3CF)nc2)cc1. The second-order valence-electron chi connectivity index (χ2n) is 9.85. The van der Waals surface area contributed by atoms with Crippen LogP contribution < -0.4 is 25.4 Å². The van der Waals surface area contributed by atoms with Gasteiger partial charge in [0.1, 0.15) is 31.0 Å². The number of sulfone groups is 1. The molecule has 0 radical (unpaired) electrons. The Bertz CT molecular complexity index is 1570. The van der Waals surface area contributed by atoms with Crippen LogP contribution in [0.2, 0.25) is 0 Å². The van der Waals surface area contributed by atoms with E-state index in [-0.39, 0.29) is 41.7 Å². The first kappa shape index (κ1) is 33.2. The van der Waals surface area contributed by atoms with Gasteiger partial charge in [0.15, 0.2) is 9.84 Å². The number of pyridine rings is 2. The fourth-order valence-corrected chi connectivity index (χ4v) is 5.46. The second kappa shape index (κ2) is 14.0. The topological polar surface area (TPSA) is 163 Å². The summed E-state index contributed by atoms with van der Waals surface area (Å²) >= 11 is 0. The summed E-state index contributed by atoms with van der Waals surface area (Å²) < 4.78 is 89.7. The highest BCUT2D eigenvalue weighted by Gasteiger charge is 2.35. The van der Waals surface area contributed by atoms with Gasteiger partial charge in [-0.25, -0.2) is 27.6 Å². The van der Waals surface area contributed by atoms with E-state index in [9.17, 15) is 35.6 Å². The lowest BCUT2D eigenvalue weighted by atomic mass is 10.1. The lowest BCUT2D eigenvalue weighted by Gasteiger charge is -2.23. The number of carbonyl (C=O) groups is 2. The van der Waals surface area contributed by atoms with Gasteiger partial charge in [0.25, 0.3) is 5.91 Å². The standard InChI is InChI=1S/C28H29F4N5O7S/c1-2-45(40,41)22-7-3-17(4-8-22)23(16-42-27(33)39)36-26(38)18-5-9-24(34-13-18)37-15-21(11-19(37)12-29)43-25-10-6-20(14-35-25)44-28(30,31)32/h3-10,13-14,19,21,23H,2,11-12,15-16H2,1H3,(H2,33,39)(H,36,38)/t19-,21-,23-/m0/s1. The summed E-state index contributed by atoms with van der Waals surface area (Å²) in [5.74, 6) is -0.808. The lowest BCUT2D eigenvalue weighted by Crippen LogP contribution is -2.34. The maximum Gasteiger partial charge on any atom is 0.573 e. The quantitative estimate of drug-likeness (QED) is 0.275. The van der Waals surface area contributed by atoms with Gasteiger partial charge in [-0.05, 0) is 35.9 Å². The third kappa shape index (κ3) is 8.93. The monoisotopic (exact) mass is 655 g/mol. The molecule has 242 valence electrons. The van der Waals surface area contributed by atoms with Crippen LogP contribution in [0.3, 0.4) is 0 Å². The van der Waals surface area contributed by atoms with Crippen molar-refractivity contribution in [2.45, 2.75) is 42.8 Å². The van der Waals surface area contributed by atoms with Gasteiger partial charge in [-0.15, -0.1) is 13.2 Å². The molecule has 0 unspecified atom stereocenters. The molecule has 2 amide bonds. The van der Waals surface area contributed by atoms with E-state index >= 15 is 0 Å². The Morgan fingerprint density at radius 3 is 2.38 bits per heavy atom. The third-order valence-electron chi connectivity index (χ3n) is 6.81. The molecule has 0 spiro atoms. The molecule has 2 aromatic heterocycles. The second-order valence-corrected chi connectivity index (χ2v) is 12.1. The van der Waals surface area contributed by atoms with Crippen molar-refractivity contribution in [2.24, 2.45) is 5.73 Å². The lowest BCUT2D eigenvalue weighted by molar-refractivity contribution is -0.274. The van der Waals surface area contributed by atoms with Gasteiger partial charge < -0.3 is 30.2 Å². The zero-order chi connectivity index (χ0) is 32.8. The molecule has 0 aliphatic carbocycles. The number of rotatable bonds is 12. The Morgan fingerprint density at radius 2 is 1.82 bits per heavy atom. The average molecular weight is 656 g/mol. The van der Waals surface area contributed by atoms with Crippen molar-refractivity contribution in [3.8, 4) is 11.6 Å². The highest BCUT2D eigenvalue weighted by molar-refractivity contribution is 7.91. The maximum absolute atomic E-state index is 13.9. The number of anilines is 1. The minimum absolute atomic E-state index is 0.0328. The Balaban J connectivity index is 1.42. The molecule has 1 fully saturated rings. The number of nitrogens with zero attached hydrogens (tertiary/aromatic N) is 3. The van der Waals surface area contributed by atoms with E-state index in [1.807, 2.05) is 0 Å². The predicted octanol–water partition coefficient (Wildman–Crippen LogP) is 3.73. The minimum atomic E-state index is -4.86. The van der Waals surface area contributed by atoms with Gasteiger partial charge in [0, 0.05) is 18.7 Å². The van der Waals surface area contributed by atoms with Crippen LogP contribution >= 0.6 is 0 Å². The predicted molar refractivity (Wildman–Crippen MR) is 151 cm³/mol. The molecule has 12 nitrogen and oxygen atoms in total. The van der Waals surface area contributed by atoms with E-state index in [2.05, 4.69) is 20.0 Å². The largest absolute Gasteiger partial charge is 0.573 e. The summed E-state index contributed by atoms with van der Waals surface area (Å²) in [4.78, 5) is 34.1. The van der Waals surface area contributed by atoms with Crippen LogP contribution in [0, 0.1) is 0 Å². The summed E-state index contributed by atoms with van der Waals surface area (Å²) in [5, 5.41) is 2.70. The summed E-state index contributed by atoms with van der Waals surface area (Å²) in [5.41, 5.74) is 5.67. The first-order valence-corrected chi connectivity index (χ1v) is 15.2. The fraction of sp³-hybridized carbons (Fsp3) is 0.357. The van der Waals surface area contributed by atoms with Gasteiger partial charge in [-0.1, -0.05) is 19.1 Å². The number of nitrogens with one attached hydrogen (secondary N) is 1. The highest BCUT2D eigenvalue weighted by atomic mass is 32.2. The van der Waals surface area contributed by atoms with Gasteiger partial charge in [0.05, 0.1) is 41.0 Å². The van der Waals surface area contributed by atoms with Gasteiger partial charge in [-0.3, -0.25) is 4.79 Å². The van der Waals surface area contributed by atoms with Crippen LogP contribution in [0.4, 0.5) is 28.2 Å². The Morgan fingerprint density at radius 1 is 1.09 bits per heavy atom. The Labute approximate surface area is 255 Å². The molecule has 3 aromatic rings. The molecule has 45 heavy (non-hydrogen) atoms. The number of nitrogens with two attached hydrogens (primary N) is 1. The number of hydrogen-bond donors (Lipinski definition) is 2. The van der Waals surface area contributed by atoms with Crippen LogP contribution in [-0.2, 0) is 14.6 Å². The van der Waals surface area contributed by atoms with E-state index in [0.29, 0.717) is 11.4 Å². The summed E-state index contributed by atoms with van der Waals surface area (Å²) in [6.45, 7) is 0.633. The van der Waals surface area contributed by atoms with Gasteiger partial charge in [-0.2, -0.15) is 0 Å². The molecule has 1 saturated heterocycles. The number of alkyl halides is 4. The average Bonchev–Trinajstić information content (AvgIpc) is 3.42. The van der Waals surface area contributed by atoms with E-state index in [1.54, 1.807) is 4.90 Å². The molecule has 3 atom stereocenters. The number of hydrogen-bond acceptors (Lipinski definition) is 10. The van der Waals surface area contributed by atoms with Crippen molar-refractivity contribution in [3.63, 3.8) is 0 Å². The smallest absolute Gasteiger partial charge is 0.472 e. The third-order valence-corrected chi connectivity index (χ3v) is 8.56. The normalized spacial score (nSPS) is 17.4. The number of carbonyl (C=O) groups excluding carboxylic acids is 2. The van der Waals surface area contributed by atoms with Crippen LogP contribution in [0.5, 0.6) is 11.6 Å². The van der Waals surface area contributed by atoms with E-state index in [0.717, 1.165) is 12.3 Å². The zero-order valence-electron chi connectivity index (χ0n) is 23.7. The summed E-state index contributed by atoms with van der Waals surface area (Å²) in [6.07, 6.45) is -4.10. The molecule has 17 heteroatoms. The molecule has 1 aliphatic heterocycles. The Hall–Kier alpha value is -4.67. The number of aromatic nitrogens is 2. The van der Waals surface area contributed by atoms with Gasteiger partial charge >= 0.3 is 12.5 Å². The molecule has 0 bridgehead atoms. The summed E-state index contributed by atoms with van der Waals surface area (Å²) in [7, 11) is -3.45. The maximum atomic E-state index is 13.9. The number of benzene rings is 1. The zero-order valence-corrected chi connectivity index (χ0v) is 24.6. The van der Waals surface area contributed by atoms with E-state index in [4.69, 9.17) is 15.2 Å².